The zero-order valence-corrected chi connectivity index (χ0v) is 20.1. The number of aliphatic carboxylic acids is 1. The van der Waals surface area contributed by atoms with Crippen molar-refractivity contribution < 1.29 is 25.2 Å². The zero-order chi connectivity index (χ0) is 23.0. The minimum atomic E-state index is -0.684. The van der Waals surface area contributed by atoms with E-state index in [1.54, 1.807) is 6.92 Å². The van der Waals surface area contributed by atoms with Crippen molar-refractivity contribution in [1.29, 1.82) is 0 Å². The summed E-state index contributed by atoms with van der Waals surface area (Å²) in [5, 5.41) is 38.1. The summed E-state index contributed by atoms with van der Waals surface area (Å²) >= 11 is 0. The maximum atomic E-state index is 11.2. The predicted octanol–water partition coefficient (Wildman–Crippen LogP) is 4.48. The first-order valence-electron chi connectivity index (χ1n) is 12.8. The van der Waals surface area contributed by atoms with Gasteiger partial charge in [0.15, 0.2) is 0 Å². The van der Waals surface area contributed by atoms with E-state index in [0.717, 1.165) is 32.1 Å². The number of carboxylic acid groups (broad SMARTS) is 1. The number of rotatable bonds is 4. The number of hydrogen-bond acceptors (Lipinski definition) is 4. The molecule has 0 unspecified atom stereocenters. The topological polar surface area (TPSA) is 98.0 Å². The summed E-state index contributed by atoms with van der Waals surface area (Å²) in [6.45, 7) is 9.09. The predicted molar refractivity (Wildman–Crippen MR) is 121 cm³/mol. The minimum absolute atomic E-state index is 0.179. The van der Waals surface area contributed by atoms with Crippen LogP contribution in [0.15, 0.2) is 0 Å². The Balaban J connectivity index is 0.000000858. The summed E-state index contributed by atoms with van der Waals surface area (Å²) in [7, 11) is 0. The fraction of sp³-hybridized carbons (Fsp3) is 0.962. The first-order valence-corrected chi connectivity index (χ1v) is 12.8. The molecule has 5 heteroatoms. The largest absolute Gasteiger partial charge is 0.481 e. The van der Waals surface area contributed by atoms with Gasteiger partial charge in [-0.3, -0.25) is 4.79 Å². The van der Waals surface area contributed by atoms with Crippen molar-refractivity contribution in [3.8, 4) is 0 Å². The van der Waals surface area contributed by atoms with Crippen molar-refractivity contribution >= 4 is 5.97 Å². The van der Waals surface area contributed by atoms with Crippen LogP contribution in [0.4, 0.5) is 0 Å². The molecule has 0 aliphatic heterocycles. The molecule has 0 radical (unpaired) electrons. The van der Waals surface area contributed by atoms with E-state index < -0.39 is 5.97 Å². The van der Waals surface area contributed by atoms with E-state index >= 15 is 0 Å². The first-order chi connectivity index (χ1) is 14.6. The minimum Gasteiger partial charge on any atom is -0.481 e. The lowest BCUT2D eigenvalue weighted by Gasteiger charge is -2.62. The Labute approximate surface area is 188 Å². The Bertz CT molecular complexity index is 623. The highest BCUT2D eigenvalue weighted by molar-refractivity contribution is 5.66. The van der Waals surface area contributed by atoms with Crippen molar-refractivity contribution in [2.45, 2.75) is 104 Å². The molecule has 180 valence electrons. The van der Waals surface area contributed by atoms with Gasteiger partial charge in [-0.2, -0.15) is 0 Å². The van der Waals surface area contributed by atoms with Crippen LogP contribution in [0.25, 0.3) is 0 Å². The van der Waals surface area contributed by atoms with Gasteiger partial charge in [0, 0.05) is 13.0 Å². The molecule has 4 N–H and O–H groups in total. The maximum absolute atomic E-state index is 11.2. The second kappa shape index (κ2) is 9.69. The molecule has 4 rings (SSSR count). The molecule has 0 bridgehead atoms. The van der Waals surface area contributed by atoms with Gasteiger partial charge in [-0.05, 0) is 111 Å². The maximum Gasteiger partial charge on any atom is 0.303 e. The molecule has 0 amide bonds. The molecule has 0 heterocycles. The molecule has 4 aliphatic rings. The summed E-state index contributed by atoms with van der Waals surface area (Å²) < 4.78 is 0. The fourth-order valence-electron chi connectivity index (χ4n) is 8.73. The fourth-order valence-corrected chi connectivity index (χ4v) is 8.73. The molecular weight excluding hydrogens is 392 g/mol. The lowest BCUT2D eigenvalue weighted by Crippen LogP contribution is -2.58. The number of carbonyl (C=O) groups is 1. The van der Waals surface area contributed by atoms with E-state index in [1.165, 1.54) is 25.7 Å². The molecule has 0 aromatic rings. The summed E-state index contributed by atoms with van der Waals surface area (Å²) in [6.07, 6.45) is 9.19. The van der Waals surface area contributed by atoms with E-state index in [1.807, 2.05) is 0 Å². The number of aliphatic hydroxyl groups is 3. The zero-order valence-electron chi connectivity index (χ0n) is 20.1. The molecule has 5 nitrogen and oxygen atoms in total. The first kappa shape index (κ1) is 25.0. The Morgan fingerprint density at radius 1 is 1.00 bits per heavy atom. The molecular formula is C26H46O5. The molecule has 0 aromatic heterocycles. The van der Waals surface area contributed by atoms with Crippen LogP contribution in [0.1, 0.15) is 91.9 Å². The standard InChI is InChI=1S/C24H40O4.C2H6O/c1-14(4-7-21(27)28)17-5-6-18-22-19(9-11-24(17,18)3)23(2)10-8-16(25)12-15(23)13-20(22)26;1-2-3/h14-20,22,25-26H,4-13H2,1-3H3,(H,27,28);3H,2H2,1H3/t14-,15+,16-,17-,18+,19+,20-,22+,23+,24-;/m1./s1. The normalized spacial score (nSPS) is 47.3. The molecule has 4 aliphatic carbocycles. The van der Waals surface area contributed by atoms with Gasteiger partial charge in [-0.25, -0.2) is 0 Å². The van der Waals surface area contributed by atoms with Crippen LogP contribution in [-0.2, 0) is 4.79 Å². The van der Waals surface area contributed by atoms with Gasteiger partial charge in [0.05, 0.1) is 12.2 Å². The van der Waals surface area contributed by atoms with Gasteiger partial charge in [-0.1, -0.05) is 20.8 Å². The lowest BCUT2D eigenvalue weighted by atomic mass is 9.43. The Morgan fingerprint density at radius 2 is 1.61 bits per heavy atom. The molecule has 31 heavy (non-hydrogen) atoms. The quantitative estimate of drug-likeness (QED) is 0.519. The summed E-state index contributed by atoms with van der Waals surface area (Å²) in [5.74, 6) is 2.36. The van der Waals surface area contributed by atoms with Crippen LogP contribution in [0.5, 0.6) is 0 Å². The van der Waals surface area contributed by atoms with Crippen LogP contribution in [0, 0.1) is 46.3 Å². The number of aliphatic hydroxyl groups excluding tert-OH is 3. The smallest absolute Gasteiger partial charge is 0.303 e. The third kappa shape index (κ3) is 4.56. The summed E-state index contributed by atoms with van der Waals surface area (Å²) in [4.78, 5) is 11.1. The Hall–Kier alpha value is -0.650. The average molecular weight is 439 g/mol. The second-order valence-corrected chi connectivity index (χ2v) is 11.7. The van der Waals surface area contributed by atoms with Crippen LogP contribution in [0.2, 0.25) is 0 Å². The van der Waals surface area contributed by atoms with E-state index in [9.17, 15) is 15.0 Å². The van der Waals surface area contributed by atoms with Gasteiger partial charge < -0.3 is 20.4 Å². The molecule has 4 saturated carbocycles. The number of fused-ring (bicyclic) bond motifs is 5. The highest BCUT2D eigenvalue weighted by Gasteiger charge is 2.62. The number of hydrogen-bond donors (Lipinski definition) is 4. The van der Waals surface area contributed by atoms with Gasteiger partial charge in [-0.15, -0.1) is 0 Å². The summed E-state index contributed by atoms with van der Waals surface area (Å²) in [5.41, 5.74) is 0.523. The van der Waals surface area contributed by atoms with Crippen LogP contribution >= 0.6 is 0 Å². The second-order valence-electron chi connectivity index (χ2n) is 11.7. The van der Waals surface area contributed by atoms with E-state index in [-0.39, 0.29) is 36.1 Å². The average Bonchev–Trinajstić information content (AvgIpc) is 3.05. The van der Waals surface area contributed by atoms with Gasteiger partial charge in [0.1, 0.15) is 0 Å². The Morgan fingerprint density at radius 3 is 2.26 bits per heavy atom. The molecule has 0 aromatic carbocycles. The van der Waals surface area contributed by atoms with E-state index in [4.69, 9.17) is 10.2 Å². The highest BCUT2D eigenvalue weighted by atomic mass is 16.4. The van der Waals surface area contributed by atoms with Crippen molar-refractivity contribution in [1.82, 2.24) is 0 Å². The van der Waals surface area contributed by atoms with Crippen molar-refractivity contribution in [3.05, 3.63) is 0 Å². The van der Waals surface area contributed by atoms with E-state index in [2.05, 4.69) is 20.8 Å². The molecule has 10 atom stereocenters. The van der Waals surface area contributed by atoms with Crippen molar-refractivity contribution in [3.63, 3.8) is 0 Å². The SMILES string of the molecule is CCO.C[C@H](CCC(=O)O)[C@H]1CC[C@H]2[C@@H]3[C@H](O)C[C@@H]4C[C@H](O)CC[C@]4(C)[C@H]3CC[C@]12C. The third-order valence-electron chi connectivity index (χ3n) is 10.2. The van der Waals surface area contributed by atoms with Gasteiger partial charge in [0.2, 0.25) is 0 Å². The van der Waals surface area contributed by atoms with Gasteiger partial charge in [0.25, 0.3) is 0 Å². The van der Waals surface area contributed by atoms with Gasteiger partial charge >= 0.3 is 5.97 Å². The number of carboxylic acids is 1. The molecule has 0 spiro atoms. The monoisotopic (exact) mass is 438 g/mol. The van der Waals surface area contributed by atoms with Crippen molar-refractivity contribution in [2.24, 2.45) is 46.3 Å². The third-order valence-corrected chi connectivity index (χ3v) is 10.2. The van der Waals surface area contributed by atoms with Crippen LogP contribution in [0.3, 0.4) is 0 Å². The van der Waals surface area contributed by atoms with E-state index in [0.29, 0.717) is 35.5 Å². The van der Waals surface area contributed by atoms with Crippen molar-refractivity contribution in [2.75, 3.05) is 6.61 Å². The highest BCUT2D eigenvalue weighted by Crippen LogP contribution is 2.68. The van der Waals surface area contributed by atoms with Crippen LogP contribution < -0.4 is 0 Å². The molecule has 4 fully saturated rings. The summed E-state index contributed by atoms with van der Waals surface area (Å²) in [6, 6.07) is 0. The molecule has 0 saturated heterocycles. The van der Waals surface area contributed by atoms with Crippen LogP contribution in [-0.4, -0.2) is 45.2 Å². The lowest BCUT2D eigenvalue weighted by molar-refractivity contribution is -0.174. The Kier molecular flexibility index (Phi) is 7.81.